The van der Waals surface area contributed by atoms with Crippen molar-refractivity contribution in [1.29, 1.82) is 0 Å². The highest BCUT2D eigenvalue weighted by molar-refractivity contribution is 5.91. The molecule has 0 aliphatic heterocycles. The Balaban J connectivity index is 1.59. The van der Waals surface area contributed by atoms with E-state index in [9.17, 15) is 14.9 Å². The molecule has 0 saturated heterocycles. The molecule has 2 aliphatic rings. The van der Waals surface area contributed by atoms with Gasteiger partial charge in [-0.1, -0.05) is 12.5 Å². The van der Waals surface area contributed by atoms with E-state index >= 15 is 0 Å². The molecule has 1 N–H and O–H groups in total. The molecule has 106 valence electrons. The Kier molecular flexibility index (Phi) is 3.42. The van der Waals surface area contributed by atoms with Gasteiger partial charge in [0.25, 0.3) is 5.69 Å². The predicted molar refractivity (Wildman–Crippen MR) is 75.3 cm³/mol. The number of non-ortho nitro benzene ring substituents is 1. The molecule has 3 atom stereocenters. The highest BCUT2D eigenvalue weighted by Crippen LogP contribution is 2.49. The molecule has 0 spiro atoms. The van der Waals surface area contributed by atoms with Crippen LogP contribution in [0.3, 0.4) is 0 Å². The van der Waals surface area contributed by atoms with Crippen LogP contribution in [0.4, 0.5) is 11.4 Å². The quantitative estimate of drug-likeness (QED) is 0.676. The zero-order valence-electron chi connectivity index (χ0n) is 11.2. The minimum absolute atomic E-state index is 0.00252. The predicted octanol–water partition coefficient (Wildman–Crippen LogP) is 3.36. The highest BCUT2D eigenvalue weighted by Gasteiger charge is 2.40. The minimum atomic E-state index is -0.453. The number of benzene rings is 1. The second-order valence-corrected chi connectivity index (χ2v) is 5.99. The fourth-order valence-corrected chi connectivity index (χ4v) is 3.77. The molecular formula is C15H18N2O3. The number of amides is 1. The van der Waals surface area contributed by atoms with E-state index in [1.807, 2.05) is 0 Å². The van der Waals surface area contributed by atoms with Crippen LogP contribution >= 0.6 is 0 Å². The van der Waals surface area contributed by atoms with E-state index in [-0.39, 0.29) is 11.6 Å². The van der Waals surface area contributed by atoms with Gasteiger partial charge in [-0.05, 0) is 43.1 Å². The molecule has 5 nitrogen and oxygen atoms in total. The van der Waals surface area contributed by atoms with Crippen LogP contribution in [0, 0.1) is 27.9 Å². The van der Waals surface area contributed by atoms with Crippen LogP contribution in [-0.4, -0.2) is 10.8 Å². The van der Waals surface area contributed by atoms with Crippen molar-refractivity contribution in [3.8, 4) is 0 Å². The van der Waals surface area contributed by atoms with Crippen LogP contribution in [0.1, 0.15) is 32.1 Å². The van der Waals surface area contributed by atoms with Crippen LogP contribution in [-0.2, 0) is 4.79 Å². The summed E-state index contributed by atoms with van der Waals surface area (Å²) in [5.74, 6) is 2.03. The average Bonchev–Trinajstić information content (AvgIpc) is 3.01. The molecular weight excluding hydrogens is 256 g/mol. The molecule has 0 radical (unpaired) electrons. The molecule has 1 aromatic rings. The number of hydrogen-bond donors (Lipinski definition) is 1. The third kappa shape index (κ3) is 2.66. The Morgan fingerprint density at radius 2 is 2.20 bits per heavy atom. The van der Waals surface area contributed by atoms with Gasteiger partial charge < -0.3 is 5.32 Å². The maximum absolute atomic E-state index is 12.0. The molecule has 2 aliphatic carbocycles. The second kappa shape index (κ2) is 5.23. The van der Waals surface area contributed by atoms with Crippen LogP contribution in [0.5, 0.6) is 0 Å². The summed E-state index contributed by atoms with van der Waals surface area (Å²) >= 11 is 0. The monoisotopic (exact) mass is 274 g/mol. The van der Waals surface area contributed by atoms with E-state index in [0.717, 1.165) is 11.8 Å². The van der Waals surface area contributed by atoms with E-state index in [4.69, 9.17) is 0 Å². The molecule has 2 bridgehead atoms. The molecule has 1 amide bonds. The van der Waals surface area contributed by atoms with Crippen molar-refractivity contribution >= 4 is 17.3 Å². The summed E-state index contributed by atoms with van der Waals surface area (Å²) in [5, 5.41) is 13.5. The Morgan fingerprint density at radius 3 is 2.85 bits per heavy atom. The summed E-state index contributed by atoms with van der Waals surface area (Å²) in [6, 6.07) is 6.10. The number of hydrogen-bond acceptors (Lipinski definition) is 3. The number of fused-ring (bicyclic) bond motifs is 2. The first-order chi connectivity index (χ1) is 9.61. The van der Waals surface area contributed by atoms with E-state index in [0.29, 0.717) is 18.0 Å². The van der Waals surface area contributed by atoms with Gasteiger partial charge in [-0.15, -0.1) is 0 Å². The third-order valence-corrected chi connectivity index (χ3v) is 4.67. The Hall–Kier alpha value is -1.91. The lowest BCUT2D eigenvalue weighted by molar-refractivity contribution is -0.384. The van der Waals surface area contributed by atoms with Gasteiger partial charge in [-0.3, -0.25) is 14.9 Å². The van der Waals surface area contributed by atoms with Crippen molar-refractivity contribution in [2.75, 3.05) is 5.32 Å². The summed E-state index contributed by atoms with van der Waals surface area (Å²) < 4.78 is 0. The number of rotatable bonds is 4. The first kappa shape index (κ1) is 13.1. The molecule has 5 heteroatoms. The zero-order chi connectivity index (χ0) is 14.1. The van der Waals surface area contributed by atoms with Gasteiger partial charge in [0.05, 0.1) is 4.92 Å². The molecule has 2 fully saturated rings. The maximum Gasteiger partial charge on any atom is 0.271 e. The molecule has 0 unspecified atom stereocenters. The Morgan fingerprint density at radius 1 is 1.35 bits per heavy atom. The van der Waals surface area contributed by atoms with Gasteiger partial charge in [0, 0.05) is 24.2 Å². The van der Waals surface area contributed by atoms with E-state index in [1.165, 1.54) is 37.8 Å². The SMILES string of the molecule is O=C(C[C@H]1C[C@H]2CC[C@@H]1C2)Nc1cccc([N+](=O)[O-])c1. The van der Waals surface area contributed by atoms with Crippen LogP contribution in [0.15, 0.2) is 24.3 Å². The van der Waals surface area contributed by atoms with Crippen LogP contribution in [0.25, 0.3) is 0 Å². The number of nitro benzene ring substituents is 1. The molecule has 3 rings (SSSR count). The number of nitrogens with one attached hydrogen (secondary N) is 1. The van der Waals surface area contributed by atoms with Gasteiger partial charge >= 0.3 is 0 Å². The lowest BCUT2D eigenvalue weighted by Crippen LogP contribution is -2.20. The van der Waals surface area contributed by atoms with Crippen molar-refractivity contribution in [2.24, 2.45) is 17.8 Å². The number of carbonyl (C=O) groups excluding carboxylic acids is 1. The van der Waals surface area contributed by atoms with E-state index in [2.05, 4.69) is 5.32 Å². The molecule has 1 aromatic carbocycles. The summed E-state index contributed by atoms with van der Waals surface area (Å²) in [4.78, 5) is 22.3. The highest BCUT2D eigenvalue weighted by atomic mass is 16.6. The Bertz CT molecular complexity index is 544. The first-order valence-electron chi connectivity index (χ1n) is 7.16. The van der Waals surface area contributed by atoms with Gasteiger partial charge in [0.2, 0.25) is 5.91 Å². The fraction of sp³-hybridized carbons (Fsp3) is 0.533. The van der Waals surface area contributed by atoms with Crippen molar-refractivity contribution in [3.05, 3.63) is 34.4 Å². The first-order valence-corrected chi connectivity index (χ1v) is 7.16. The summed E-state index contributed by atoms with van der Waals surface area (Å²) in [7, 11) is 0. The normalized spacial score (nSPS) is 27.5. The zero-order valence-corrected chi connectivity index (χ0v) is 11.2. The van der Waals surface area contributed by atoms with Crippen molar-refractivity contribution in [1.82, 2.24) is 0 Å². The van der Waals surface area contributed by atoms with Crippen LogP contribution in [0.2, 0.25) is 0 Å². The van der Waals surface area contributed by atoms with Gasteiger partial charge in [-0.2, -0.15) is 0 Å². The summed E-state index contributed by atoms with van der Waals surface area (Å²) in [6.45, 7) is 0. The molecule has 0 aromatic heterocycles. The number of nitro groups is 1. The standard InChI is InChI=1S/C15H18N2O3/c18-15(8-12-7-10-4-5-11(12)6-10)16-13-2-1-3-14(9-13)17(19)20/h1-3,9-12H,4-8H2,(H,16,18)/t10-,11+,12+/m0/s1. The summed E-state index contributed by atoms with van der Waals surface area (Å²) in [5.41, 5.74) is 0.509. The van der Waals surface area contributed by atoms with Gasteiger partial charge in [0.15, 0.2) is 0 Å². The average molecular weight is 274 g/mol. The number of anilines is 1. The number of carbonyl (C=O) groups is 1. The smallest absolute Gasteiger partial charge is 0.271 e. The molecule has 20 heavy (non-hydrogen) atoms. The Labute approximate surface area is 117 Å². The second-order valence-electron chi connectivity index (χ2n) is 5.99. The summed E-state index contributed by atoms with van der Waals surface area (Å²) in [6.07, 6.45) is 5.60. The van der Waals surface area contributed by atoms with Gasteiger partial charge in [0.1, 0.15) is 0 Å². The van der Waals surface area contributed by atoms with Crippen molar-refractivity contribution in [3.63, 3.8) is 0 Å². The molecule has 2 saturated carbocycles. The maximum atomic E-state index is 12.0. The topological polar surface area (TPSA) is 72.2 Å². The number of nitrogens with zero attached hydrogens (tertiary/aromatic N) is 1. The van der Waals surface area contributed by atoms with Crippen molar-refractivity contribution < 1.29 is 9.72 Å². The lowest BCUT2D eigenvalue weighted by Gasteiger charge is -2.20. The minimum Gasteiger partial charge on any atom is -0.326 e. The third-order valence-electron chi connectivity index (χ3n) is 4.67. The van der Waals surface area contributed by atoms with Gasteiger partial charge in [-0.25, -0.2) is 0 Å². The van der Waals surface area contributed by atoms with Crippen molar-refractivity contribution in [2.45, 2.75) is 32.1 Å². The largest absolute Gasteiger partial charge is 0.326 e. The van der Waals surface area contributed by atoms with E-state index < -0.39 is 4.92 Å². The fourth-order valence-electron chi connectivity index (χ4n) is 3.77. The molecule has 0 heterocycles. The lowest BCUT2D eigenvalue weighted by atomic mass is 9.86. The van der Waals surface area contributed by atoms with Crippen LogP contribution < -0.4 is 5.32 Å². The van der Waals surface area contributed by atoms with E-state index in [1.54, 1.807) is 12.1 Å².